The Hall–Kier alpha value is -0.430. The lowest BCUT2D eigenvalue weighted by Gasteiger charge is -2.31. The maximum absolute atomic E-state index is 4.38. The van der Waals surface area contributed by atoms with Gasteiger partial charge in [-0.2, -0.15) is 12.6 Å². The third kappa shape index (κ3) is 4.27. The predicted octanol–water partition coefficient (Wildman–Crippen LogP) is 5.45. The fraction of sp³-hybridized carbons (Fsp3) is 0.667. The molecule has 1 aromatic rings. The highest BCUT2D eigenvalue weighted by Crippen LogP contribution is 2.35. The average Bonchev–Trinajstić information content (AvgIpc) is 2.23. The molecule has 0 aliphatic heterocycles. The summed E-state index contributed by atoms with van der Waals surface area (Å²) in [4.78, 5) is 0. The molecule has 0 bridgehead atoms. The smallest absolute Gasteiger partial charge is 0.00947 e. The molecule has 0 aliphatic carbocycles. The van der Waals surface area contributed by atoms with E-state index in [1.807, 2.05) is 0 Å². The molecule has 0 heterocycles. The molecule has 0 fully saturated rings. The standard InChI is InChI=1S/C18H30S/c1-13-11-15(17(2,3)4)14(9-8-10-19)16(12-13)18(5,6)7/h11-12,19H,8-10H2,1-7H3. The lowest BCUT2D eigenvalue weighted by atomic mass is 9.74. The first-order chi connectivity index (χ1) is 8.57. The van der Waals surface area contributed by atoms with Gasteiger partial charge in [0.2, 0.25) is 0 Å². The molecule has 108 valence electrons. The second kappa shape index (κ2) is 5.91. The Labute approximate surface area is 125 Å². The summed E-state index contributed by atoms with van der Waals surface area (Å²) in [6.45, 7) is 16.1. The molecule has 0 nitrogen and oxygen atoms in total. The summed E-state index contributed by atoms with van der Waals surface area (Å²) in [5.74, 6) is 0.959. The third-order valence-corrected chi connectivity index (χ3v) is 3.91. The van der Waals surface area contributed by atoms with Crippen molar-refractivity contribution < 1.29 is 0 Å². The Morgan fingerprint density at radius 1 is 0.895 bits per heavy atom. The molecule has 0 atom stereocenters. The van der Waals surface area contributed by atoms with Crippen molar-refractivity contribution in [2.45, 2.75) is 72.1 Å². The van der Waals surface area contributed by atoms with Crippen molar-refractivity contribution in [2.24, 2.45) is 0 Å². The number of benzene rings is 1. The Bertz CT molecular complexity index is 395. The molecule has 0 N–H and O–H groups in total. The molecule has 0 aliphatic rings. The highest BCUT2D eigenvalue weighted by atomic mass is 32.1. The number of rotatable bonds is 3. The fourth-order valence-electron chi connectivity index (χ4n) is 2.68. The van der Waals surface area contributed by atoms with Gasteiger partial charge in [-0.15, -0.1) is 0 Å². The molecule has 0 aromatic heterocycles. The quantitative estimate of drug-likeness (QED) is 0.698. The van der Waals surface area contributed by atoms with Crippen LogP contribution in [0.1, 0.15) is 70.2 Å². The van der Waals surface area contributed by atoms with Crippen LogP contribution in [0.4, 0.5) is 0 Å². The second-order valence-corrected chi connectivity index (χ2v) is 8.11. The third-order valence-electron chi connectivity index (χ3n) is 3.60. The van der Waals surface area contributed by atoms with Crippen LogP contribution in [-0.4, -0.2) is 5.75 Å². The van der Waals surface area contributed by atoms with Gasteiger partial charge >= 0.3 is 0 Å². The van der Waals surface area contributed by atoms with Crippen LogP contribution in [0.2, 0.25) is 0 Å². The number of hydrogen-bond donors (Lipinski definition) is 1. The fourth-order valence-corrected chi connectivity index (χ4v) is 2.84. The zero-order valence-electron chi connectivity index (χ0n) is 13.7. The van der Waals surface area contributed by atoms with Crippen molar-refractivity contribution >= 4 is 12.6 Å². The van der Waals surface area contributed by atoms with Gasteiger partial charge in [-0.25, -0.2) is 0 Å². The molecule has 0 saturated carbocycles. The molecule has 0 unspecified atom stereocenters. The summed E-state index contributed by atoms with van der Waals surface area (Å²) in [6.07, 6.45) is 2.29. The first-order valence-electron chi connectivity index (χ1n) is 7.32. The van der Waals surface area contributed by atoms with Crippen LogP contribution in [0, 0.1) is 6.92 Å². The SMILES string of the molecule is Cc1cc(C(C)(C)C)c(CCCS)c(C(C)(C)C)c1. The van der Waals surface area contributed by atoms with E-state index in [1.165, 1.54) is 16.7 Å². The van der Waals surface area contributed by atoms with Gasteiger partial charge in [0.25, 0.3) is 0 Å². The molecule has 1 aromatic carbocycles. The van der Waals surface area contributed by atoms with Gasteiger partial charge in [-0.1, -0.05) is 59.2 Å². The first kappa shape index (κ1) is 16.6. The monoisotopic (exact) mass is 278 g/mol. The molecule has 19 heavy (non-hydrogen) atoms. The Morgan fingerprint density at radius 2 is 1.32 bits per heavy atom. The average molecular weight is 279 g/mol. The molecule has 1 rings (SSSR count). The normalized spacial score (nSPS) is 12.8. The van der Waals surface area contributed by atoms with Crippen molar-refractivity contribution in [2.75, 3.05) is 5.75 Å². The summed E-state index contributed by atoms with van der Waals surface area (Å²) in [5, 5.41) is 0. The van der Waals surface area contributed by atoms with Crippen LogP contribution in [0.25, 0.3) is 0 Å². The Morgan fingerprint density at radius 3 is 1.63 bits per heavy atom. The maximum atomic E-state index is 4.38. The van der Waals surface area contributed by atoms with Crippen LogP contribution in [0.15, 0.2) is 12.1 Å². The van der Waals surface area contributed by atoms with Crippen LogP contribution in [-0.2, 0) is 17.3 Å². The number of thiol groups is 1. The first-order valence-corrected chi connectivity index (χ1v) is 7.96. The molecule has 0 amide bonds. The van der Waals surface area contributed by atoms with E-state index in [9.17, 15) is 0 Å². The maximum Gasteiger partial charge on any atom is -0.00947 e. The molecular weight excluding hydrogens is 248 g/mol. The van der Waals surface area contributed by atoms with E-state index in [0.717, 1.165) is 18.6 Å². The van der Waals surface area contributed by atoms with E-state index in [-0.39, 0.29) is 10.8 Å². The second-order valence-electron chi connectivity index (χ2n) is 7.67. The van der Waals surface area contributed by atoms with E-state index in [0.29, 0.717) is 0 Å². The lowest BCUT2D eigenvalue weighted by molar-refractivity contribution is 0.552. The van der Waals surface area contributed by atoms with E-state index in [2.05, 4.69) is 73.2 Å². The van der Waals surface area contributed by atoms with Gasteiger partial charge in [0.05, 0.1) is 0 Å². The molecular formula is C18H30S. The van der Waals surface area contributed by atoms with Crippen LogP contribution >= 0.6 is 12.6 Å². The van der Waals surface area contributed by atoms with Gasteiger partial charge < -0.3 is 0 Å². The van der Waals surface area contributed by atoms with Gasteiger partial charge in [-0.05, 0) is 53.0 Å². The number of hydrogen-bond acceptors (Lipinski definition) is 1. The largest absolute Gasteiger partial charge is 0.179 e. The van der Waals surface area contributed by atoms with E-state index < -0.39 is 0 Å². The molecule has 0 saturated heterocycles. The lowest BCUT2D eigenvalue weighted by Crippen LogP contribution is -2.21. The Kier molecular flexibility index (Phi) is 5.17. The topological polar surface area (TPSA) is 0 Å². The molecule has 0 spiro atoms. The summed E-state index contributed by atoms with van der Waals surface area (Å²) in [6, 6.07) is 4.76. The van der Waals surface area contributed by atoms with Crippen LogP contribution in [0.3, 0.4) is 0 Å². The minimum atomic E-state index is 0.206. The summed E-state index contributed by atoms with van der Waals surface area (Å²) >= 11 is 4.38. The van der Waals surface area contributed by atoms with Crippen molar-refractivity contribution in [1.82, 2.24) is 0 Å². The zero-order chi connectivity index (χ0) is 14.8. The molecule has 0 radical (unpaired) electrons. The summed E-state index contributed by atoms with van der Waals surface area (Å²) in [7, 11) is 0. The minimum absolute atomic E-state index is 0.206. The van der Waals surface area contributed by atoms with Gasteiger partial charge in [0.1, 0.15) is 0 Å². The minimum Gasteiger partial charge on any atom is -0.179 e. The Balaban J connectivity index is 3.49. The zero-order valence-corrected chi connectivity index (χ0v) is 14.6. The van der Waals surface area contributed by atoms with Gasteiger partial charge in [-0.3, -0.25) is 0 Å². The number of aryl methyl sites for hydroxylation is 1. The molecule has 1 heteroatoms. The van der Waals surface area contributed by atoms with Crippen LogP contribution in [0.5, 0.6) is 0 Å². The predicted molar refractivity (Wildman–Crippen MR) is 90.8 cm³/mol. The van der Waals surface area contributed by atoms with Crippen molar-refractivity contribution in [3.05, 3.63) is 34.4 Å². The van der Waals surface area contributed by atoms with Crippen molar-refractivity contribution in [3.8, 4) is 0 Å². The summed E-state index contributed by atoms with van der Waals surface area (Å²) < 4.78 is 0. The van der Waals surface area contributed by atoms with Crippen LogP contribution < -0.4 is 0 Å². The van der Waals surface area contributed by atoms with Crippen molar-refractivity contribution in [3.63, 3.8) is 0 Å². The van der Waals surface area contributed by atoms with E-state index in [1.54, 1.807) is 5.56 Å². The van der Waals surface area contributed by atoms with E-state index >= 15 is 0 Å². The van der Waals surface area contributed by atoms with Gasteiger partial charge in [0, 0.05) is 0 Å². The summed E-state index contributed by atoms with van der Waals surface area (Å²) in [5.41, 5.74) is 6.37. The van der Waals surface area contributed by atoms with Crippen molar-refractivity contribution in [1.29, 1.82) is 0 Å². The highest BCUT2D eigenvalue weighted by Gasteiger charge is 2.25. The van der Waals surface area contributed by atoms with E-state index in [4.69, 9.17) is 0 Å². The highest BCUT2D eigenvalue weighted by molar-refractivity contribution is 7.80. The van der Waals surface area contributed by atoms with Gasteiger partial charge in [0.15, 0.2) is 0 Å².